The number of anilines is 1. The number of carbonyl (C=O) groups excluding carboxylic acids is 2. The minimum absolute atomic E-state index is 0.0217. The van der Waals surface area contributed by atoms with Gasteiger partial charge in [-0.15, -0.1) is 0 Å². The van der Waals surface area contributed by atoms with Crippen molar-refractivity contribution in [2.75, 3.05) is 18.6 Å². The predicted octanol–water partition coefficient (Wildman–Crippen LogP) is 2.95. The molecule has 3 amide bonds. The number of hydrogen-bond acceptors (Lipinski definition) is 3. The average Bonchev–Trinajstić information content (AvgIpc) is 3.01. The van der Waals surface area contributed by atoms with Crippen LogP contribution in [0.3, 0.4) is 0 Å². The molecular formula is C19H20ClN3O3. The van der Waals surface area contributed by atoms with Gasteiger partial charge < -0.3 is 20.3 Å². The smallest absolute Gasteiger partial charge is 0.315 e. The molecule has 26 heavy (non-hydrogen) atoms. The summed E-state index contributed by atoms with van der Waals surface area (Å²) in [6, 6.07) is 14.0. The summed E-state index contributed by atoms with van der Waals surface area (Å²) < 4.78 is 5.13. The van der Waals surface area contributed by atoms with Crippen LogP contribution in [-0.2, 0) is 11.3 Å². The van der Waals surface area contributed by atoms with Crippen LogP contribution in [-0.4, -0.2) is 31.6 Å². The summed E-state index contributed by atoms with van der Waals surface area (Å²) in [5.74, 6) is 0.709. The Kier molecular flexibility index (Phi) is 5.63. The molecule has 1 aliphatic heterocycles. The van der Waals surface area contributed by atoms with Crippen LogP contribution in [0.15, 0.2) is 48.5 Å². The van der Waals surface area contributed by atoms with Gasteiger partial charge in [0.05, 0.1) is 13.2 Å². The molecule has 3 rings (SSSR count). The lowest BCUT2D eigenvalue weighted by atomic mass is 10.2. The van der Waals surface area contributed by atoms with Crippen LogP contribution >= 0.6 is 11.6 Å². The molecule has 1 saturated heterocycles. The standard InChI is InChI=1S/C19H20ClN3O3/c1-26-16-8-6-15(7-9-16)23-12-14(10-18(23)24)22-19(25)21-11-13-4-2-3-5-17(13)20/h2-9,14H,10-12H2,1H3,(H2,21,22,25)/t14-/m1/s1. The Bertz CT molecular complexity index is 795. The summed E-state index contributed by atoms with van der Waals surface area (Å²) in [7, 11) is 1.59. The molecular weight excluding hydrogens is 354 g/mol. The van der Waals surface area contributed by atoms with E-state index in [1.807, 2.05) is 30.3 Å². The summed E-state index contributed by atoms with van der Waals surface area (Å²) in [6.07, 6.45) is 0.269. The molecule has 136 valence electrons. The van der Waals surface area contributed by atoms with Crippen molar-refractivity contribution >= 4 is 29.2 Å². The molecule has 0 bridgehead atoms. The third-order valence-corrected chi connectivity index (χ3v) is 4.61. The van der Waals surface area contributed by atoms with Crippen molar-refractivity contribution in [1.82, 2.24) is 10.6 Å². The Morgan fingerprint density at radius 2 is 1.96 bits per heavy atom. The summed E-state index contributed by atoms with van der Waals surface area (Å²) in [5, 5.41) is 6.22. The third-order valence-electron chi connectivity index (χ3n) is 4.24. The van der Waals surface area contributed by atoms with Gasteiger partial charge in [0.1, 0.15) is 5.75 Å². The van der Waals surface area contributed by atoms with Gasteiger partial charge in [-0.3, -0.25) is 4.79 Å². The van der Waals surface area contributed by atoms with E-state index in [9.17, 15) is 9.59 Å². The number of hydrogen-bond donors (Lipinski definition) is 2. The fourth-order valence-corrected chi connectivity index (χ4v) is 3.07. The van der Waals surface area contributed by atoms with Gasteiger partial charge in [-0.1, -0.05) is 29.8 Å². The van der Waals surface area contributed by atoms with Crippen molar-refractivity contribution in [1.29, 1.82) is 0 Å². The number of benzene rings is 2. The van der Waals surface area contributed by atoms with Crippen LogP contribution in [0.25, 0.3) is 0 Å². The lowest BCUT2D eigenvalue weighted by molar-refractivity contribution is -0.117. The topological polar surface area (TPSA) is 70.7 Å². The van der Waals surface area contributed by atoms with Crippen LogP contribution in [0.4, 0.5) is 10.5 Å². The van der Waals surface area contributed by atoms with Gasteiger partial charge in [0.2, 0.25) is 5.91 Å². The first-order valence-electron chi connectivity index (χ1n) is 8.29. The number of methoxy groups -OCH3 is 1. The van der Waals surface area contributed by atoms with Gasteiger partial charge in [0.25, 0.3) is 0 Å². The lowest BCUT2D eigenvalue weighted by Gasteiger charge is -2.18. The quantitative estimate of drug-likeness (QED) is 0.846. The van der Waals surface area contributed by atoms with E-state index in [1.54, 1.807) is 30.2 Å². The van der Waals surface area contributed by atoms with Gasteiger partial charge in [0, 0.05) is 30.2 Å². The minimum Gasteiger partial charge on any atom is -0.497 e. The van der Waals surface area contributed by atoms with Crippen LogP contribution in [0, 0.1) is 0 Å². The first-order chi connectivity index (χ1) is 12.6. The normalized spacial score (nSPS) is 16.5. The van der Waals surface area contributed by atoms with E-state index in [0.29, 0.717) is 18.1 Å². The molecule has 1 aliphatic rings. The number of amides is 3. The summed E-state index contributed by atoms with van der Waals surface area (Å²) in [5.41, 5.74) is 1.63. The maximum atomic E-state index is 12.3. The third kappa shape index (κ3) is 4.26. The Labute approximate surface area is 157 Å². The number of rotatable bonds is 5. The number of carbonyl (C=O) groups is 2. The first-order valence-corrected chi connectivity index (χ1v) is 8.67. The van der Waals surface area contributed by atoms with E-state index in [4.69, 9.17) is 16.3 Å². The molecule has 1 atom stereocenters. The van der Waals surface area contributed by atoms with Crippen LogP contribution in [0.1, 0.15) is 12.0 Å². The molecule has 0 radical (unpaired) electrons. The maximum absolute atomic E-state index is 12.3. The Hall–Kier alpha value is -2.73. The molecule has 1 heterocycles. The highest BCUT2D eigenvalue weighted by molar-refractivity contribution is 6.31. The molecule has 7 heteroatoms. The Morgan fingerprint density at radius 3 is 2.65 bits per heavy atom. The fraction of sp³-hybridized carbons (Fsp3) is 0.263. The highest BCUT2D eigenvalue weighted by atomic mass is 35.5. The second-order valence-corrected chi connectivity index (χ2v) is 6.43. The Balaban J connectivity index is 1.53. The lowest BCUT2D eigenvalue weighted by Crippen LogP contribution is -2.43. The van der Waals surface area contributed by atoms with Crippen molar-refractivity contribution in [2.45, 2.75) is 19.0 Å². The maximum Gasteiger partial charge on any atom is 0.315 e. The fourth-order valence-electron chi connectivity index (χ4n) is 2.87. The van der Waals surface area contributed by atoms with Crippen LogP contribution in [0.5, 0.6) is 5.75 Å². The number of nitrogens with zero attached hydrogens (tertiary/aromatic N) is 1. The van der Waals surface area contributed by atoms with Crippen molar-refractivity contribution in [3.8, 4) is 5.75 Å². The molecule has 2 aromatic carbocycles. The molecule has 0 spiro atoms. The number of ether oxygens (including phenoxy) is 1. The summed E-state index contributed by atoms with van der Waals surface area (Å²) >= 11 is 6.07. The molecule has 1 fully saturated rings. The van der Waals surface area contributed by atoms with E-state index < -0.39 is 0 Å². The van der Waals surface area contributed by atoms with Crippen LogP contribution in [0.2, 0.25) is 5.02 Å². The number of halogens is 1. The zero-order chi connectivity index (χ0) is 18.5. The summed E-state index contributed by atoms with van der Waals surface area (Å²) in [4.78, 5) is 26.0. The average molecular weight is 374 g/mol. The number of nitrogens with one attached hydrogen (secondary N) is 2. The molecule has 0 aromatic heterocycles. The van der Waals surface area contributed by atoms with Crippen molar-refractivity contribution in [2.24, 2.45) is 0 Å². The zero-order valence-corrected chi connectivity index (χ0v) is 15.1. The van der Waals surface area contributed by atoms with Gasteiger partial charge in [-0.25, -0.2) is 4.79 Å². The van der Waals surface area contributed by atoms with Gasteiger partial charge in [-0.2, -0.15) is 0 Å². The molecule has 0 saturated carbocycles. The van der Waals surface area contributed by atoms with Crippen molar-refractivity contribution in [3.05, 3.63) is 59.1 Å². The summed E-state index contributed by atoms with van der Waals surface area (Å²) in [6.45, 7) is 0.763. The minimum atomic E-state index is -0.320. The second-order valence-electron chi connectivity index (χ2n) is 6.02. The highest BCUT2D eigenvalue weighted by Gasteiger charge is 2.31. The van der Waals surface area contributed by atoms with Gasteiger partial charge >= 0.3 is 6.03 Å². The molecule has 6 nitrogen and oxygen atoms in total. The van der Waals surface area contributed by atoms with Gasteiger partial charge in [-0.05, 0) is 35.9 Å². The monoisotopic (exact) mass is 373 g/mol. The number of urea groups is 1. The SMILES string of the molecule is COc1ccc(N2C[C@H](NC(=O)NCc3ccccc3Cl)CC2=O)cc1. The molecule has 2 aromatic rings. The second kappa shape index (κ2) is 8.10. The van der Waals surface area contributed by atoms with E-state index in [2.05, 4.69) is 10.6 Å². The van der Waals surface area contributed by atoms with E-state index in [-0.39, 0.29) is 24.4 Å². The molecule has 2 N–H and O–H groups in total. The van der Waals surface area contributed by atoms with E-state index >= 15 is 0 Å². The highest BCUT2D eigenvalue weighted by Crippen LogP contribution is 2.24. The largest absolute Gasteiger partial charge is 0.497 e. The predicted molar refractivity (Wildman–Crippen MR) is 101 cm³/mol. The van der Waals surface area contributed by atoms with Crippen LogP contribution < -0.4 is 20.3 Å². The van der Waals surface area contributed by atoms with Crippen molar-refractivity contribution in [3.63, 3.8) is 0 Å². The van der Waals surface area contributed by atoms with E-state index in [1.165, 1.54) is 0 Å². The molecule has 0 aliphatic carbocycles. The Morgan fingerprint density at radius 1 is 1.23 bits per heavy atom. The molecule has 0 unspecified atom stereocenters. The van der Waals surface area contributed by atoms with Crippen molar-refractivity contribution < 1.29 is 14.3 Å². The zero-order valence-electron chi connectivity index (χ0n) is 14.4. The first kappa shape index (κ1) is 18.1. The van der Waals surface area contributed by atoms with E-state index in [0.717, 1.165) is 17.0 Å². The van der Waals surface area contributed by atoms with Gasteiger partial charge in [0.15, 0.2) is 0 Å².